The minimum atomic E-state index is -4.74. The van der Waals surface area contributed by atoms with Gasteiger partial charge in [-0.05, 0) is 31.2 Å². The lowest BCUT2D eigenvalue weighted by Crippen LogP contribution is -2.73. The Morgan fingerprint density at radius 3 is 2.60 bits per heavy atom. The van der Waals surface area contributed by atoms with Gasteiger partial charge in [-0.3, -0.25) is 5.32 Å². The largest absolute Gasteiger partial charge is 0.418 e. The van der Waals surface area contributed by atoms with Crippen molar-refractivity contribution in [1.82, 2.24) is 19.9 Å². The monoisotopic (exact) mass is 425 g/mol. The number of carbonyl (C=O) groups excluding carboxylic acids is 1. The zero-order valence-electron chi connectivity index (χ0n) is 15.9. The third-order valence-corrected chi connectivity index (χ3v) is 5.71. The van der Waals surface area contributed by atoms with E-state index in [0.717, 1.165) is 24.9 Å². The summed E-state index contributed by atoms with van der Waals surface area (Å²) in [5.41, 5.74) is -2.18. The maximum Gasteiger partial charge on any atom is 0.418 e. The summed E-state index contributed by atoms with van der Waals surface area (Å²) in [4.78, 5) is 25.3. The van der Waals surface area contributed by atoms with E-state index in [-0.39, 0.29) is 24.3 Å². The number of amides is 2. The molecular weight excluding hydrogens is 406 g/mol. The topological polar surface area (TPSA) is 91.2 Å². The normalized spacial score (nSPS) is 25.6. The molecular formula is C19H19F4N5O2. The number of nitrogens with one attached hydrogen (secondary N) is 1. The number of hydrogen-bond donors (Lipinski definition) is 2. The number of carbonyl (C=O) groups is 1. The summed E-state index contributed by atoms with van der Waals surface area (Å²) in [5, 5.41) is 12.3. The van der Waals surface area contributed by atoms with Gasteiger partial charge in [0.1, 0.15) is 5.82 Å². The minimum Gasteiger partial charge on any atom is -0.394 e. The van der Waals surface area contributed by atoms with E-state index in [1.54, 1.807) is 4.90 Å². The third kappa shape index (κ3) is 3.47. The number of aliphatic hydroxyl groups is 1. The van der Waals surface area contributed by atoms with Crippen LogP contribution in [0.3, 0.4) is 0 Å². The van der Waals surface area contributed by atoms with E-state index < -0.39 is 34.7 Å². The van der Waals surface area contributed by atoms with Crippen LogP contribution in [0, 0.1) is 11.7 Å². The van der Waals surface area contributed by atoms with Gasteiger partial charge in [0.2, 0.25) is 0 Å². The van der Waals surface area contributed by atoms with Crippen LogP contribution < -0.4 is 5.32 Å². The molecule has 2 amide bonds. The number of aromatic nitrogens is 3. The number of alkyl halides is 3. The number of rotatable bonds is 3. The molecule has 2 aliphatic heterocycles. The minimum absolute atomic E-state index is 0.0322. The molecule has 11 heteroatoms. The second kappa shape index (κ2) is 7.15. The average Bonchev–Trinajstić information content (AvgIpc) is 2.66. The van der Waals surface area contributed by atoms with Crippen LogP contribution in [0.1, 0.15) is 31.7 Å². The maximum atomic E-state index is 13.4. The van der Waals surface area contributed by atoms with Gasteiger partial charge in [0, 0.05) is 17.8 Å². The van der Waals surface area contributed by atoms with E-state index in [9.17, 15) is 27.5 Å². The lowest BCUT2D eigenvalue weighted by Gasteiger charge is -2.62. The number of hydrogen-bond acceptors (Lipinski definition) is 5. The molecule has 2 saturated heterocycles. The van der Waals surface area contributed by atoms with Gasteiger partial charge >= 0.3 is 12.2 Å². The van der Waals surface area contributed by atoms with Crippen LogP contribution >= 0.6 is 0 Å². The molecule has 3 atom stereocenters. The first kappa shape index (κ1) is 20.5. The second-order valence-electron chi connectivity index (χ2n) is 7.92. The summed E-state index contributed by atoms with van der Waals surface area (Å²) < 4.78 is 53.3. The van der Waals surface area contributed by atoms with Crippen molar-refractivity contribution in [1.29, 1.82) is 0 Å². The van der Waals surface area contributed by atoms with Crippen molar-refractivity contribution in [3.8, 4) is 11.4 Å². The zero-order chi connectivity index (χ0) is 21.7. The predicted molar refractivity (Wildman–Crippen MR) is 97.7 cm³/mol. The highest BCUT2D eigenvalue weighted by Crippen LogP contribution is 2.49. The van der Waals surface area contributed by atoms with Crippen molar-refractivity contribution in [2.24, 2.45) is 5.92 Å². The Kier molecular flexibility index (Phi) is 4.88. The van der Waals surface area contributed by atoms with Crippen LogP contribution in [-0.4, -0.2) is 49.2 Å². The number of aliphatic hydroxyl groups excluding tert-OH is 1. The van der Waals surface area contributed by atoms with Gasteiger partial charge < -0.3 is 10.0 Å². The molecule has 4 heterocycles. The molecule has 5 rings (SSSR count). The second-order valence-corrected chi connectivity index (χ2v) is 7.92. The molecule has 0 radical (unpaired) electrons. The molecule has 160 valence electrons. The maximum absolute atomic E-state index is 13.4. The Balaban J connectivity index is 1.63. The zero-order valence-corrected chi connectivity index (χ0v) is 15.9. The summed E-state index contributed by atoms with van der Waals surface area (Å²) >= 11 is 0. The molecule has 30 heavy (non-hydrogen) atoms. The predicted octanol–water partition coefficient (Wildman–Crippen LogP) is 3.46. The standard InChI is InChI=1S/C19H19F4N5O2/c1-10-2-12-5-18(4-10,9-29)28(12)17(30)27-15-3-13(14(8-24-15)19(21,22)23)16-25-6-11(20)7-26-16/h3,6-8,10,12,29H,2,4-5,9H2,1H3,(H,24,27,30)/t10-,12-,18+/m0/s1. The van der Waals surface area contributed by atoms with Crippen LogP contribution in [0.25, 0.3) is 11.4 Å². The molecule has 0 aromatic carbocycles. The Labute approximate surface area is 169 Å². The summed E-state index contributed by atoms with van der Waals surface area (Å²) in [6.07, 6.45) is -0.501. The van der Waals surface area contributed by atoms with Gasteiger partial charge in [-0.25, -0.2) is 24.1 Å². The smallest absolute Gasteiger partial charge is 0.394 e. The fourth-order valence-corrected chi connectivity index (χ4v) is 4.61. The lowest BCUT2D eigenvalue weighted by atomic mass is 9.65. The third-order valence-electron chi connectivity index (χ3n) is 5.71. The van der Waals surface area contributed by atoms with E-state index in [0.29, 0.717) is 25.0 Å². The van der Waals surface area contributed by atoms with Crippen LogP contribution in [0.4, 0.5) is 28.2 Å². The summed E-state index contributed by atoms with van der Waals surface area (Å²) in [6, 6.07) is 0.443. The van der Waals surface area contributed by atoms with Crippen LogP contribution in [0.15, 0.2) is 24.7 Å². The van der Waals surface area contributed by atoms with Crippen molar-refractivity contribution in [3.05, 3.63) is 36.0 Å². The molecule has 3 aliphatic rings. The average molecular weight is 425 g/mol. The molecule has 2 bridgehead atoms. The molecule has 1 saturated carbocycles. The summed E-state index contributed by atoms with van der Waals surface area (Å²) in [5.74, 6) is -0.890. The van der Waals surface area contributed by atoms with Gasteiger partial charge in [0.25, 0.3) is 0 Å². The molecule has 0 unspecified atom stereocenters. The fourth-order valence-electron chi connectivity index (χ4n) is 4.61. The van der Waals surface area contributed by atoms with Crippen molar-refractivity contribution in [2.75, 3.05) is 11.9 Å². The highest BCUT2D eigenvalue weighted by molar-refractivity contribution is 5.90. The number of anilines is 1. The molecule has 2 N–H and O–H groups in total. The number of urea groups is 1. The first-order valence-electron chi connectivity index (χ1n) is 9.39. The summed E-state index contributed by atoms with van der Waals surface area (Å²) in [7, 11) is 0. The molecule has 1 aliphatic carbocycles. The Morgan fingerprint density at radius 2 is 1.97 bits per heavy atom. The Morgan fingerprint density at radius 1 is 1.27 bits per heavy atom. The number of nitrogens with zero attached hydrogens (tertiary/aromatic N) is 4. The van der Waals surface area contributed by atoms with E-state index >= 15 is 0 Å². The fraction of sp³-hybridized carbons (Fsp3) is 0.474. The molecule has 2 aromatic rings. The van der Waals surface area contributed by atoms with E-state index in [4.69, 9.17) is 0 Å². The first-order valence-corrected chi connectivity index (χ1v) is 9.39. The molecule has 3 fully saturated rings. The van der Waals surface area contributed by atoms with Crippen LogP contribution in [-0.2, 0) is 6.18 Å². The molecule has 0 spiro atoms. The molecule has 2 aromatic heterocycles. The highest BCUT2D eigenvalue weighted by Gasteiger charge is 2.57. The number of fused-ring (bicyclic) bond motifs is 2. The van der Waals surface area contributed by atoms with Crippen molar-refractivity contribution in [3.63, 3.8) is 0 Å². The van der Waals surface area contributed by atoms with Gasteiger partial charge in [-0.2, -0.15) is 13.2 Å². The van der Waals surface area contributed by atoms with Crippen molar-refractivity contribution >= 4 is 11.8 Å². The SMILES string of the molecule is C[C@H]1C[C@H]2C[C@@](CO)(C1)N2C(=O)Nc1cc(-c2ncc(F)cn2)c(C(F)(F)F)cn1. The van der Waals surface area contributed by atoms with Crippen molar-refractivity contribution in [2.45, 2.75) is 43.9 Å². The van der Waals surface area contributed by atoms with Gasteiger partial charge in [0.15, 0.2) is 11.6 Å². The van der Waals surface area contributed by atoms with Crippen molar-refractivity contribution < 1.29 is 27.5 Å². The van der Waals surface area contributed by atoms with Gasteiger partial charge in [-0.1, -0.05) is 6.92 Å². The van der Waals surface area contributed by atoms with Gasteiger partial charge in [0.05, 0.1) is 30.1 Å². The Hall–Kier alpha value is -2.82. The Bertz CT molecular complexity index is 968. The number of halogens is 4. The highest BCUT2D eigenvalue weighted by atomic mass is 19.4. The quantitative estimate of drug-likeness (QED) is 0.735. The number of piperidine rings is 1. The van der Waals surface area contributed by atoms with Gasteiger partial charge in [-0.15, -0.1) is 0 Å². The number of pyridine rings is 1. The lowest BCUT2D eigenvalue weighted by molar-refractivity contribution is -0.137. The van der Waals surface area contributed by atoms with E-state index in [1.165, 1.54) is 0 Å². The first-order chi connectivity index (χ1) is 14.1. The van der Waals surface area contributed by atoms with E-state index in [2.05, 4.69) is 27.2 Å². The van der Waals surface area contributed by atoms with Crippen LogP contribution in [0.5, 0.6) is 0 Å². The van der Waals surface area contributed by atoms with E-state index in [1.807, 2.05) is 0 Å². The summed E-state index contributed by atoms with van der Waals surface area (Å²) in [6.45, 7) is 1.87. The van der Waals surface area contributed by atoms with Crippen LogP contribution in [0.2, 0.25) is 0 Å². The molecule has 7 nitrogen and oxygen atoms in total.